The summed E-state index contributed by atoms with van der Waals surface area (Å²) >= 11 is 0. The molecule has 1 aliphatic rings. The highest BCUT2D eigenvalue weighted by Gasteiger charge is 2.21. The highest BCUT2D eigenvalue weighted by Crippen LogP contribution is 2.28. The van der Waals surface area contributed by atoms with Gasteiger partial charge in [0.05, 0.1) is 13.7 Å². The normalized spacial score (nSPS) is 16.4. The second-order valence-electron chi connectivity index (χ2n) is 4.78. The Kier molecular flexibility index (Phi) is 3.46. The molecule has 3 nitrogen and oxygen atoms in total. The van der Waals surface area contributed by atoms with E-state index in [0.717, 1.165) is 17.9 Å². The Morgan fingerprint density at radius 1 is 1.30 bits per heavy atom. The summed E-state index contributed by atoms with van der Waals surface area (Å²) in [5.41, 5.74) is 1.95. The summed E-state index contributed by atoms with van der Waals surface area (Å²) in [5.74, 6) is 0.827. The van der Waals surface area contributed by atoms with Crippen LogP contribution in [0.1, 0.15) is 5.56 Å². The molecule has 1 N–H and O–H groups in total. The third-order valence-electron chi connectivity index (χ3n) is 3.40. The number of hydrogen-bond donors (Lipinski definition) is 1. The van der Waals surface area contributed by atoms with Crippen LogP contribution in [-0.2, 0) is 6.42 Å². The lowest BCUT2D eigenvalue weighted by atomic mass is 10.1. The van der Waals surface area contributed by atoms with Gasteiger partial charge >= 0.3 is 0 Å². The Hall–Kier alpha value is -2.23. The lowest BCUT2D eigenvalue weighted by molar-refractivity contribution is 0.246. The smallest absolute Gasteiger partial charge is 0.167 e. The minimum Gasteiger partial charge on any atom is -0.494 e. The van der Waals surface area contributed by atoms with Gasteiger partial charge in [-0.05, 0) is 23.8 Å². The van der Waals surface area contributed by atoms with Crippen molar-refractivity contribution in [3.8, 4) is 11.5 Å². The molecule has 0 spiro atoms. The van der Waals surface area contributed by atoms with Crippen molar-refractivity contribution >= 4 is 5.69 Å². The Labute approximate surface area is 117 Å². The zero-order valence-corrected chi connectivity index (χ0v) is 11.2. The molecular formula is C16H16FNO2. The van der Waals surface area contributed by atoms with Gasteiger partial charge in [-0.3, -0.25) is 0 Å². The molecule has 104 valence electrons. The van der Waals surface area contributed by atoms with Gasteiger partial charge in [-0.15, -0.1) is 0 Å². The summed E-state index contributed by atoms with van der Waals surface area (Å²) in [4.78, 5) is 0. The molecular weight excluding hydrogens is 257 g/mol. The van der Waals surface area contributed by atoms with E-state index >= 15 is 0 Å². The van der Waals surface area contributed by atoms with Gasteiger partial charge in [0.25, 0.3) is 0 Å². The molecule has 0 bridgehead atoms. The van der Waals surface area contributed by atoms with Gasteiger partial charge in [0.1, 0.15) is 11.9 Å². The largest absolute Gasteiger partial charge is 0.494 e. The Morgan fingerprint density at radius 3 is 2.90 bits per heavy atom. The van der Waals surface area contributed by atoms with E-state index in [4.69, 9.17) is 9.47 Å². The minimum atomic E-state index is -0.367. The molecule has 4 heteroatoms. The van der Waals surface area contributed by atoms with Crippen molar-refractivity contribution < 1.29 is 13.9 Å². The van der Waals surface area contributed by atoms with Crippen molar-refractivity contribution in [2.24, 2.45) is 0 Å². The zero-order chi connectivity index (χ0) is 13.9. The fraction of sp³-hybridized carbons (Fsp3) is 0.250. The first-order chi connectivity index (χ1) is 9.76. The number of halogens is 1. The van der Waals surface area contributed by atoms with Gasteiger partial charge < -0.3 is 14.8 Å². The topological polar surface area (TPSA) is 30.5 Å². The summed E-state index contributed by atoms with van der Waals surface area (Å²) in [6.45, 7) is 0.639. The number of hydrogen-bond acceptors (Lipinski definition) is 3. The summed E-state index contributed by atoms with van der Waals surface area (Å²) in [6, 6.07) is 12.9. The Morgan fingerprint density at radius 2 is 2.15 bits per heavy atom. The predicted molar refractivity (Wildman–Crippen MR) is 76.0 cm³/mol. The maximum atomic E-state index is 13.6. The SMILES string of the molecule is COc1ccc(NCC2Cc3ccccc3O2)cc1F. The third-order valence-corrected chi connectivity index (χ3v) is 3.40. The van der Waals surface area contributed by atoms with E-state index in [0.29, 0.717) is 6.54 Å². The third kappa shape index (κ3) is 2.54. The molecule has 0 fully saturated rings. The maximum absolute atomic E-state index is 13.6. The van der Waals surface area contributed by atoms with Crippen LogP contribution in [0.4, 0.5) is 10.1 Å². The summed E-state index contributed by atoms with van der Waals surface area (Å²) in [7, 11) is 1.45. The van der Waals surface area contributed by atoms with Crippen LogP contribution in [-0.4, -0.2) is 19.8 Å². The van der Waals surface area contributed by atoms with Crippen LogP contribution in [0.15, 0.2) is 42.5 Å². The number of benzene rings is 2. The summed E-state index contributed by atoms with van der Waals surface area (Å²) < 4.78 is 24.3. The lowest BCUT2D eigenvalue weighted by Gasteiger charge is -2.13. The average molecular weight is 273 g/mol. The first kappa shape index (κ1) is 12.8. The molecule has 0 radical (unpaired) electrons. The Balaban J connectivity index is 1.60. The number of fused-ring (bicyclic) bond motifs is 1. The molecule has 1 aliphatic heterocycles. The first-order valence-corrected chi connectivity index (χ1v) is 6.58. The van der Waals surface area contributed by atoms with E-state index in [1.807, 2.05) is 18.2 Å². The fourth-order valence-electron chi connectivity index (χ4n) is 2.38. The quantitative estimate of drug-likeness (QED) is 0.927. The van der Waals surface area contributed by atoms with Crippen LogP contribution in [0.25, 0.3) is 0 Å². The molecule has 0 amide bonds. The Bertz CT molecular complexity index is 590. The van der Waals surface area contributed by atoms with Gasteiger partial charge in [-0.25, -0.2) is 4.39 Å². The fourth-order valence-corrected chi connectivity index (χ4v) is 2.38. The van der Waals surface area contributed by atoms with Crippen LogP contribution >= 0.6 is 0 Å². The summed E-state index contributed by atoms with van der Waals surface area (Å²) in [5, 5.41) is 3.19. The van der Waals surface area contributed by atoms with Gasteiger partial charge in [0, 0.05) is 18.2 Å². The zero-order valence-electron chi connectivity index (χ0n) is 11.2. The van der Waals surface area contributed by atoms with Gasteiger partial charge in [0.2, 0.25) is 0 Å². The number of rotatable bonds is 4. The van der Waals surface area contributed by atoms with Crippen molar-refractivity contribution in [1.82, 2.24) is 0 Å². The van der Waals surface area contributed by atoms with E-state index in [1.54, 1.807) is 12.1 Å². The van der Waals surface area contributed by atoms with Crippen LogP contribution in [0.3, 0.4) is 0 Å². The molecule has 1 heterocycles. The van der Waals surface area contributed by atoms with Crippen molar-refractivity contribution in [3.63, 3.8) is 0 Å². The van der Waals surface area contributed by atoms with Crippen molar-refractivity contribution in [3.05, 3.63) is 53.8 Å². The minimum absolute atomic E-state index is 0.0811. The molecule has 0 aromatic heterocycles. The second-order valence-corrected chi connectivity index (χ2v) is 4.78. The second kappa shape index (κ2) is 5.41. The molecule has 1 unspecified atom stereocenters. The number of para-hydroxylation sites is 1. The van der Waals surface area contributed by atoms with Crippen LogP contribution in [0.2, 0.25) is 0 Å². The van der Waals surface area contributed by atoms with Crippen LogP contribution in [0.5, 0.6) is 11.5 Å². The standard InChI is InChI=1S/C16H16FNO2/c1-19-16-7-6-12(9-14(16)17)18-10-13-8-11-4-2-3-5-15(11)20-13/h2-7,9,13,18H,8,10H2,1H3. The summed E-state index contributed by atoms with van der Waals surface area (Å²) in [6.07, 6.45) is 0.958. The van der Waals surface area contributed by atoms with Gasteiger partial charge in [-0.1, -0.05) is 18.2 Å². The molecule has 2 aromatic carbocycles. The number of anilines is 1. The number of nitrogens with one attached hydrogen (secondary N) is 1. The highest BCUT2D eigenvalue weighted by atomic mass is 19.1. The highest BCUT2D eigenvalue weighted by molar-refractivity contribution is 5.47. The molecule has 1 atom stereocenters. The van der Waals surface area contributed by atoms with E-state index < -0.39 is 0 Å². The van der Waals surface area contributed by atoms with E-state index in [-0.39, 0.29) is 17.7 Å². The van der Waals surface area contributed by atoms with Crippen molar-refractivity contribution in [1.29, 1.82) is 0 Å². The van der Waals surface area contributed by atoms with E-state index in [1.165, 1.54) is 18.7 Å². The van der Waals surface area contributed by atoms with Crippen molar-refractivity contribution in [2.75, 3.05) is 19.0 Å². The first-order valence-electron chi connectivity index (χ1n) is 6.58. The number of methoxy groups -OCH3 is 1. The van der Waals surface area contributed by atoms with E-state index in [9.17, 15) is 4.39 Å². The van der Waals surface area contributed by atoms with Gasteiger partial charge in [0.15, 0.2) is 11.6 Å². The monoisotopic (exact) mass is 273 g/mol. The van der Waals surface area contributed by atoms with Crippen LogP contribution < -0.4 is 14.8 Å². The lowest BCUT2D eigenvalue weighted by Crippen LogP contribution is -2.23. The number of ether oxygens (including phenoxy) is 2. The molecule has 0 aliphatic carbocycles. The maximum Gasteiger partial charge on any atom is 0.167 e. The molecule has 3 rings (SSSR count). The molecule has 2 aromatic rings. The van der Waals surface area contributed by atoms with Crippen LogP contribution in [0, 0.1) is 5.82 Å². The average Bonchev–Trinajstić information content (AvgIpc) is 2.88. The van der Waals surface area contributed by atoms with Crippen molar-refractivity contribution in [2.45, 2.75) is 12.5 Å². The molecule has 0 saturated heterocycles. The predicted octanol–water partition coefficient (Wildman–Crippen LogP) is 3.25. The molecule has 0 saturated carbocycles. The molecule has 20 heavy (non-hydrogen) atoms. The van der Waals surface area contributed by atoms with E-state index in [2.05, 4.69) is 11.4 Å². The van der Waals surface area contributed by atoms with Gasteiger partial charge in [-0.2, -0.15) is 0 Å².